The summed E-state index contributed by atoms with van der Waals surface area (Å²) in [7, 11) is 0. The average Bonchev–Trinajstić information content (AvgIpc) is 2.37. The number of carbonyl (C=O) groups is 1. The molecular formula is C14H16BrF4NO3S. The van der Waals surface area contributed by atoms with Crippen LogP contribution in [0, 0.1) is 5.82 Å². The van der Waals surface area contributed by atoms with Gasteiger partial charge in [0, 0.05) is 21.4 Å². The van der Waals surface area contributed by atoms with E-state index >= 15 is 0 Å². The molecule has 2 atom stereocenters. The van der Waals surface area contributed by atoms with E-state index in [1.807, 2.05) is 0 Å². The Morgan fingerprint density at radius 2 is 1.92 bits per heavy atom. The molecule has 2 N–H and O–H groups in total. The molecular weight excluding hydrogens is 418 g/mol. The summed E-state index contributed by atoms with van der Waals surface area (Å²) in [6, 6.07) is 0.226. The average molecular weight is 434 g/mol. The zero-order valence-corrected chi connectivity index (χ0v) is 15.4. The highest BCUT2D eigenvalue weighted by atomic mass is 79.9. The van der Waals surface area contributed by atoms with Crippen LogP contribution in [-0.4, -0.2) is 20.4 Å². The van der Waals surface area contributed by atoms with Crippen molar-refractivity contribution in [1.29, 1.82) is 0 Å². The number of carboxylic acids is 1. The monoisotopic (exact) mass is 433 g/mol. The quantitative estimate of drug-likeness (QED) is 0.539. The molecule has 0 saturated heterocycles. The molecule has 136 valence electrons. The van der Waals surface area contributed by atoms with Crippen LogP contribution in [0.15, 0.2) is 16.6 Å². The van der Waals surface area contributed by atoms with Crippen molar-refractivity contribution in [3.63, 3.8) is 0 Å². The number of hydrogen-bond donors (Lipinski definition) is 2. The van der Waals surface area contributed by atoms with Crippen molar-refractivity contribution in [3.8, 4) is 0 Å². The smallest absolute Gasteiger partial charge is 0.419 e. The number of carboxylic acid groups (broad SMARTS) is 1. The topological polar surface area (TPSA) is 72.4 Å². The van der Waals surface area contributed by atoms with Crippen LogP contribution >= 0.6 is 15.9 Å². The van der Waals surface area contributed by atoms with E-state index in [4.69, 9.17) is 5.11 Å². The minimum atomic E-state index is -4.94. The van der Waals surface area contributed by atoms with E-state index in [1.54, 1.807) is 20.8 Å². The van der Waals surface area contributed by atoms with E-state index in [9.17, 15) is 26.9 Å². The molecule has 0 fully saturated rings. The summed E-state index contributed by atoms with van der Waals surface area (Å²) in [6.07, 6.45) is -5.67. The fourth-order valence-corrected chi connectivity index (χ4v) is 3.06. The van der Waals surface area contributed by atoms with Crippen molar-refractivity contribution in [2.75, 3.05) is 0 Å². The third kappa shape index (κ3) is 5.61. The SMILES string of the molecule is CC(C)(C)[S@@+]([O-])N[C@@H](CC(=O)O)c1cc(Br)cc(C(F)(F)F)c1F. The summed E-state index contributed by atoms with van der Waals surface area (Å²) in [5.41, 5.74) is -2.04. The molecule has 1 rings (SSSR count). The molecule has 0 saturated carbocycles. The number of rotatable bonds is 5. The molecule has 0 aliphatic rings. The minimum Gasteiger partial charge on any atom is -0.598 e. The number of alkyl halides is 3. The van der Waals surface area contributed by atoms with E-state index in [2.05, 4.69) is 20.7 Å². The number of halogens is 5. The van der Waals surface area contributed by atoms with Crippen LogP contribution in [-0.2, 0) is 22.3 Å². The Morgan fingerprint density at radius 1 is 1.38 bits per heavy atom. The van der Waals surface area contributed by atoms with E-state index in [0.717, 1.165) is 6.07 Å². The van der Waals surface area contributed by atoms with Crippen molar-refractivity contribution in [2.24, 2.45) is 0 Å². The van der Waals surface area contributed by atoms with Crippen molar-refractivity contribution in [2.45, 2.75) is 44.2 Å². The van der Waals surface area contributed by atoms with Crippen molar-refractivity contribution >= 4 is 33.3 Å². The predicted octanol–water partition coefficient (Wildman–Crippen LogP) is 4.17. The second-order valence-electron chi connectivity index (χ2n) is 6.00. The van der Waals surface area contributed by atoms with Gasteiger partial charge in [-0.3, -0.25) is 4.79 Å². The van der Waals surface area contributed by atoms with Crippen LogP contribution in [0.2, 0.25) is 0 Å². The maximum atomic E-state index is 14.3. The van der Waals surface area contributed by atoms with Gasteiger partial charge in [-0.25, -0.2) is 4.39 Å². The first kappa shape index (κ1) is 21.2. The van der Waals surface area contributed by atoms with Crippen LogP contribution in [0.4, 0.5) is 17.6 Å². The Balaban J connectivity index is 3.38. The molecule has 0 spiro atoms. The summed E-state index contributed by atoms with van der Waals surface area (Å²) in [6.45, 7) is 4.77. The molecule has 0 aliphatic heterocycles. The van der Waals surface area contributed by atoms with Gasteiger partial charge in [-0.15, -0.1) is 4.72 Å². The summed E-state index contributed by atoms with van der Waals surface area (Å²) in [5, 5.41) is 8.95. The molecule has 0 radical (unpaired) electrons. The third-order valence-corrected chi connectivity index (χ3v) is 5.00. The molecule has 0 bridgehead atoms. The lowest BCUT2D eigenvalue weighted by molar-refractivity contribution is -0.140. The number of hydrogen-bond acceptors (Lipinski definition) is 3. The Labute approximate surface area is 148 Å². The normalized spacial score (nSPS) is 15.2. The lowest BCUT2D eigenvalue weighted by Crippen LogP contribution is -2.42. The molecule has 0 amide bonds. The lowest BCUT2D eigenvalue weighted by Gasteiger charge is -2.28. The van der Waals surface area contributed by atoms with Crippen LogP contribution in [0.1, 0.15) is 44.4 Å². The van der Waals surface area contributed by atoms with Gasteiger partial charge in [0.1, 0.15) is 10.6 Å². The summed E-state index contributed by atoms with van der Waals surface area (Å²) in [5.74, 6) is -2.96. The van der Waals surface area contributed by atoms with Crippen molar-refractivity contribution in [3.05, 3.63) is 33.5 Å². The number of aliphatic carboxylic acids is 1. The predicted molar refractivity (Wildman–Crippen MR) is 85.1 cm³/mol. The van der Waals surface area contributed by atoms with Gasteiger partial charge < -0.3 is 9.66 Å². The van der Waals surface area contributed by atoms with E-state index in [0.29, 0.717) is 6.07 Å². The van der Waals surface area contributed by atoms with Gasteiger partial charge in [-0.2, -0.15) is 13.2 Å². The molecule has 0 unspecified atom stereocenters. The van der Waals surface area contributed by atoms with Crippen LogP contribution in [0.25, 0.3) is 0 Å². The molecule has 4 nitrogen and oxygen atoms in total. The fraction of sp³-hybridized carbons (Fsp3) is 0.500. The Hall–Kier alpha value is -0.840. The molecule has 0 aromatic heterocycles. The molecule has 24 heavy (non-hydrogen) atoms. The Morgan fingerprint density at radius 3 is 2.33 bits per heavy atom. The molecule has 1 aromatic rings. The molecule has 0 heterocycles. The largest absolute Gasteiger partial charge is 0.598 e. The second-order valence-corrected chi connectivity index (χ2v) is 8.92. The highest BCUT2D eigenvalue weighted by Crippen LogP contribution is 2.37. The second kappa shape index (κ2) is 7.59. The molecule has 0 aliphatic carbocycles. The van der Waals surface area contributed by atoms with Crippen LogP contribution in [0.3, 0.4) is 0 Å². The molecule has 1 aromatic carbocycles. The van der Waals surface area contributed by atoms with Crippen molar-refractivity contribution in [1.82, 2.24) is 4.72 Å². The van der Waals surface area contributed by atoms with Gasteiger partial charge >= 0.3 is 12.1 Å². The van der Waals surface area contributed by atoms with Crippen molar-refractivity contribution < 1.29 is 32.0 Å². The minimum absolute atomic E-state index is 0.0649. The van der Waals surface area contributed by atoms with Gasteiger partial charge in [-0.05, 0) is 32.9 Å². The zero-order chi connectivity index (χ0) is 18.9. The van der Waals surface area contributed by atoms with Crippen LogP contribution < -0.4 is 4.72 Å². The third-order valence-electron chi connectivity index (χ3n) is 2.93. The summed E-state index contributed by atoms with van der Waals surface area (Å²) >= 11 is 1.06. The van der Waals surface area contributed by atoms with E-state index in [1.165, 1.54) is 0 Å². The fourth-order valence-electron chi connectivity index (χ4n) is 1.77. The van der Waals surface area contributed by atoms with Gasteiger partial charge in [-0.1, -0.05) is 15.9 Å². The first-order valence-electron chi connectivity index (χ1n) is 6.69. The zero-order valence-electron chi connectivity index (χ0n) is 13.0. The number of nitrogens with one attached hydrogen (secondary N) is 1. The number of benzene rings is 1. The maximum absolute atomic E-state index is 14.3. The standard InChI is InChI=1S/C14H16BrF4NO3S/c1-13(2,3)24(23)20-10(6-11(21)22)8-4-7(15)5-9(12(8)16)14(17,18)19/h4-5,10,20H,6H2,1-3H3,(H,21,22)/t10-,24+/m0/s1. The first-order valence-corrected chi connectivity index (χ1v) is 8.63. The molecule has 10 heteroatoms. The maximum Gasteiger partial charge on any atom is 0.419 e. The lowest BCUT2D eigenvalue weighted by atomic mass is 10.0. The first-order chi connectivity index (χ1) is 10.7. The Bertz CT molecular complexity index is 619. The van der Waals surface area contributed by atoms with Gasteiger partial charge in [0.2, 0.25) is 0 Å². The summed E-state index contributed by atoms with van der Waals surface area (Å²) in [4.78, 5) is 11.0. The summed E-state index contributed by atoms with van der Waals surface area (Å²) < 4.78 is 66.8. The highest BCUT2D eigenvalue weighted by molar-refractivity contribution is 9.10. The van der Waals surface area contributed by atoms with Crippen LogP contribution in [0.5, 0.6) is 0 Å². The highest BCUT2D eigenvalue weighted by Gasteiger charge is 2.38. The van der Waals surface area contributed by atoms with E-state index in [-0.39, 0.29) is 4.47 Å². The van der Waals surface area contributed by atoms with E-state index < -0.39 is 57.7 Å². The van der Waals surface area contributed by atoms with Gasteiger partial charge in [0.25, 0.3) is 0 Å². The Kier molecular flexibility index (Phi) is 6.70. The van der Waals surface area contributed by atoms with Gasteiger partial charge in [0.15, 0.2) is 0 Å². The van der Waals surface area contributed by atoms with Gasteiger partial charge in [0.05, 0.1) is 18.0 Å².